The highest BCUT2D eigenvalue weighted by Gasteiger charge is 2.50. The van der Waals surface area contributed by atoms with Crippen molar-refractivity contribution in [3.8, 4) is 0 Å². The van der Waals surface area contributed by atoms with Crippen LogP contribution in [0.25, 0.3) is 0 Å². The fraction of sp³-hybridized carbons (Fsp3) is 1.00. The normalized spacial score (nSPS) is 50.3. The first kappa shape index (κ1) is 26.2. The monoisotopic (exact) mass is 463 g/mol. The summed E-state index contributed by atoms with van der Waals surface area (Å²) in [5, 5.41) is 41.2. The standard InChI is InChI=1S/C21H41N3O8/c1-3-9-7-12(23)19(32-20-11(22)6-5-10(4-2)29-20)17(28)18(9)31-21-16(27)14(24)15(26)13(8-25)30-21/h9-21,25-28H,3-8,22-24H2,1-2H3. The van der Waals surface area contributed by atoms with Crippen molar-refractivity contribution in [2.45, 2.75) is 119 Å². The maximum atomic E-state index is 11.2. The van der Waals surface area contributed by atoms with E-state index in [1.165, 1.54) is 0 Å². The van der Waals surface area contributed by atoms with Crippen molar-refractivity contribution in [1.29, 1.82) is 0 Å². The number of aliphatic hydroxyl groups is 4. The third-order valence-corrected chi connectivity index (χ3v) is 7.13. The van der Waals surface area contributed by atoms with Crippen LogP contribution in [0.3, 0.4) is 0 Å². The highest BCUT2D eigenvalue weighted by Crippen LogP contribution is 2.35. The van der Waals surface area contributed by atoms with Gasteiger partial charge in [-0.1, -0.05) is 20.3 Å². The molecule has 11 heteroatoms. The summed E-state index contributed by atoms with van der Waals surface area (Å²) in [7, 11) is 0. The molecule has 188 valence electrons. The van der Waals surface area contributed by atoms with E-state index in [-0.39, 0.29) is 18.1 Å². The molecule has 13 atom stereocenters. The average molecular weight is 464 g/mol. The van der Waals surface area contributed by atoms with E-state index in [0.29, 0.717) is 12.8 Å². The first-order valence-corrected chi connectivity index (χ1v) is 11.7. The fourth-order valence-corrected chi connectivity index (χ4v) is 4.95. The SMILES string of the molecule is CCC1CCC(N)C(OC2C(N)CC(CC)C(OC3OC(CO)C(O)C(N)C3O)C2O)O1. The maximum Gasteiger partial charge on any atom is 0.186 e. The molecule has 13 unspecified atom stereocenters. The quantitative estimate of drug-likeness (QED) is 0.218. The molecule has 2 heterocycles. The van der Waals surface area contributed by atoms with Crippen LogP contribution >= 0.6 is 0 Å². The van der Waals surface area contributed by atoms with Gasteiger partial charge in [-0.15, -0.1) is 0 Å². The molecular formula is C21H41N3O8. The Balaban J connectivity index is 1.73. The van der Waals surface area contributed by atoms with Gasteiger partial charge in [0.05, 0.1) is 30.9 Å². The molecule has 2 saturated heterocycles. The van der Waals surface area contributed by atoms with Crippen LogP contribution in [0, 0.1) is 5.92 Å². The van der Waals surface area contributed by atoms with E-state index in [9.17, 15) is 20.4 Å². The zero-order valence-electron chi connectivity index (χ0n) is 18.9. The predicted molar refractivity (Wildman–Crippen MR) is 114 cm³/mol. The third-order valence-electron chi connectivity index (χ3n) is 7.13. The van der Waals surface area contributed by atoms with E-state index in [1.54, 1.807) is 0 Å². The molecule has 3 fully saturated rings. The minimum absolute atomic E-state index is 0.0429. The summed E-state index contributed by atoms with van der Waals surface area (Å²) in [5.41, 5.74) is 18.5. The second kappa shape index (κ2) is 11.3. The van der Waals surface area contributed by atoms with Crippen LogP contribution in [0.1, 0.15) is 46.0 Å². The van der Waals surface area contributed by atoms with Crippen molar-refractivity contribution in [2.24, 2.45) is 23.1 Å². The molecule has 32 heavy (non-hydrogen) atoms. The lowest BCUT2D eigenvalue weighted by Gasteiger charge is -2.48. The van der Waals surface area contributed by atoms with E-state index in [4.69, 9.17) is 36.1 Å². The molecule has 1 aliphatic carbocycles. The lowest BCUT2D eigenvalue weighted by molar-refractivity contribution is -0.318. The van der Waals surface area contributed by atoms with Crippen molar-refractivity contribution >= 4 is 0 Å². The molecule has 2 aliphatic heterocycles. The van der Waals surface area contributed by atoms with Gasteiger partial charge in [-0.2, -0.15) is 0 Å². The Labute approximate surface area is 189 Å². The van der Waals surface area contributed by atoms with Crippen LogP contribution in [-0.4, -0.2) is 100 Å². The molecule has 0 radical (unpaired) electrons. The summed E-state index contributed by atoms with van der Waals surface area (Å²) in [6.45, 7) is 3.50. The summed E-state index contributed by atoms with van der Waals surface area (Å²) in [6.07, 6.45) is -4.52. The van der Waals surface area contributed by atoms with E-state index < -0.39 is 67.9 Å². The van der Waals surface area contributed by atoms with Gasteiger partial charge in [-0.05, 0) is 31.6 Å². The Morgan fingerprint density at radius 2 is 1.50 bits per heavy atom. The zero-order valence-corrected chi connectivity index (χ0v) is 18.9. The molecular weight excluding hydrogens is 422 g/mol. The minimum atomic E-state index is -1.34. The van der Waals surface area contributed by atoms with E-state index in [1.807, 2.05) is 13.8 Å². The van der Waals surface area contributed by atoms with Crippen molar-refractivity contribution in [3.63, 3.8) is 0 Å². The number of nitrogens with two attached hydrogens (primary N) is 3. The number of ether oxygens (including phenoxy) is 4. The molecule has 1 saturated carbocycles. The van der Waals surface area contributed by atoms with Gasteiger partial charge in [-0.3, -0.25) is 0 Å². The van der Waals surface area contributed by atoms with Crippen LogP contribution in [0.4, 0.5) is 0 Å². The molecule has 3 aliphatic rings. The lowest BCUT2D eigenvalue weighted by atomic mass is 9.78. The Kier molecular flexibility index (Phi) is 9.26. The van der Waals surface area contributed by atoms with Crippen molar-refractivity contribution in [3.05, 3.63) is 0 Å². The number of hydrogen-bond donors (Lipinski definition) is 7. The molecule has 11 nitrogen and oxygen atoms in total. The van der Waals surface area contributed by atoms with Crippen LogP contribution in [0.2, 0.25) is 0 Å². The summed E-state index contributed by atoms with van der Waals surface area (Å²) in [5.74, 6) is -0.129. The third kappa shape index (κ3) is 5.44. The van der Waals surface area contributed by atoms with Gasteiger partial charge in [0.2, 0.25) is 0 Å². The van der Waals surface area contributed by atoms with Gasteiger partial charge in [-0.25, -0.2) is 0 Å². The molecule has 0 bridgehead atoms. The second-order valence-corrected chi connectivity index (χ2v) is 9.32. The average Bonchev–Trinajstić information content (AvgIpc) is 2.79. The molecule has 0 aromatic heterocycles. The second-order valence-electron chi connectivity index (χ2n) is 9.32. The highest BCUT2D eigenvalue weighted by molar-refractivity contribution is 4.99. The maximum absolute atomic E-state index is 11.2. The Bertz CT molecular complexity index is 587. The van der Waals surface area contributed by atoms with Gasteiger partial charge >= 0.3 is 0 Å². The zero-order chi connectivity index (χ0) is 23.6. The van der Waals surface area contributed by atoms with Gasteiger partial charge in [0.1, 0.15) is 30.5 Å². The van der Waals surface area contributed by atoms with E-state index in [2.05, 4.69) is 0 Å². The predicted octanol–water partition coefficient (Wildman–Crippen LogP) is -2.12. The summed E-state index contributed by atoms with van der Waals surface area (Å²) in [6, 6.07) is -1.85. The van der Waals surface area contributed by atoms with Gasteiger partial charge < -0.3 is 56.6 Å². The highest BCUT2D eigenvalue weighted by atomic mass is 16.7. The summed E-state index contributed by atoms with van der Waals surface area (Å²) in [4.78, 5) is 0. The van der Waals surface area contributed by atoms with Crippen LogP contribution in [-0.2, 0) is 18.9 Å². The topological polar surface area (TPSA) is 196 Å². The van der Waals surface area contributed by atoms with Crippen LogP contribution in [0.5, 0.6) is 0 Å². The van der Waals surface area contributed by atoms with Crippen molar-refractivity contribution < 1.29 is 39.4 Å². The van der Waals surface area contributed by atoms with E-state index in [0.717, 1.165) is 19.3 Å². The number of aliphatic hydroxyl groups excluding tert-OH is 4. The minimum Gasteiger partial charge on any atom is -0.394 e. The Hall–Kier alpha value is -0.440. The van der Waals surface area contributed by atoms with Crippen molar-refractivity contribution in [1.82, 2.24) is 0 Å². The molecule has 0 amide bonds. The summed E-state index contributed by atoms with van der Waals surface area (Å²) >= 11 is 0. The van der Waals surface area contributed by atoms with Gasteiger partial charge in [0.15, 0.2) is 12.6 Å². The molecule has 0 aromatic carbocycles. The smallest absolute Gasteiger partial charge is 0.186 e. The van der Waals surface area contributed by atoms with Gasteiger partial charge in [0, 0.05) is 6.04 Å². The number of rotatable bonds is 7. The van der Waals surface area contributed by atoms with Gasteiger partial charge in [0.25, 0.3) is 0 Å². The Morgan fingerprint density at radius 1 is 0.812 bits per heavy atom. The Morgan fingerprint density at radius 3 is 2.12 bits per heavy atom. The van der Waals surface area contributed by atoms with Crippen molar-refractivity contribution in [2.75, 3.05) is 6.61 Å². The molecule has 3 rings (SSSR count). The first-order chi connectivity index (χ1) is 15.2. The largest absolute Gasteiger partial charge is 0.394 e. The van der Waals surface area contributed by atoms with E-state index >= 15 is 0 Å². The summed E-state index contributed by atoms with van der Waals surface area (Å²) < 4.78 is 23.6. The molecule has 10 N–H and O–H groups in total. The van der Waals surface area contributed by atoms with Crippen LogP contribution in [0.15, 0.2) is 0 Å². The first-order valence-electron chi connectivity index (χ1n) is 11.7. The molecule has 0 aromatic rings. The lowest BCUT2D eigenvalue weighted by Crippen LogP contribution is -2.66. The fourth-order valence-electron chi connectivity index (χ4n) is 4.95. The molecule has 0 spiro atoms. The van der Waals surface area contributed by atoms with Crippen LogP contribution < -0.4 is 17.2 Å². The number of hydrogen-bond acceptors (Lipinski definition) is 11.